The molecule has 0 aromatic carbocycles. The molecule has 0 saturated heterocycles. The van der Waals surface area contributed by atoms with E-state index in [4.69, 9.17) is 5.11 Å². The number of nitrogens with zero attached hydrogens (tertiary/aromatic N) is 1. The first-order valence-corrected chi connectivity index (χ1v) is 5.60. The number of carboxylic acid groups (broad SMARTS) is 1. The summed E-state index contributed by atoms with van der Waals surface area (Å²) in [5.41, 5.74) is -1.19. The topological polar surface area (TPSA) is 86.7 Å². The largest absolute Gasteiger partial charge is 0.481 e. The fraction of sp³-hybridized carbons (Fsp3) is 0.583. The van der Waals surface area contributed by atoms with Crippen LogP contribution in [0.5, 0.6) is 0 Å². The van der Waals surface area contributed by atoms with Gasteiger partial charge in [-0.2, -0.15) is 0 Å². The third-order valence-electron chi connectivity index (χ3n) is 2.44. The van der Waals surface area contributed by atoms with Crippen LogP contribution < -0.4 is 5.32 Å². The molecule has 2 N–H and O–H groups in total. The van der Waals surface area contributed by atoms with E-state index in [1.807, 2.05) is 0 Å². The van der Waals surface area contributed by atoms with Crippen molar-refractivity contribution in [2.45, 2.75) is 26.7 Å². The van der Waals surface area contributed by atoms with Crippen LogP contribution in [-0.2, 0) is 9.59 Å². The number of hydrogen-bond acceptors (Lipinski definition) is 3. The van der Waals surface area contributed by atoms with Crippen LogP contribution in [0, 0.1) is 5.41 Å². The van der Waals surface area contributed by atoms with Gasteiger partial charge in [-0.1, -0.05) is 6.08 Å². The lowest BCUT2D eigenvalue weighted by atomic mass is 9.89. The Hall–Kier alpha value is -1.85. The first-order valence-electron chi connectivity index (χ1n) is 5.60. The van der Waals surface area contributed by atoms with Crippen LogP contribution in [-0.4, -0.2) is 41.5 Å². The first-order chi connectivity index (χ1) is 8.20. The van der Waals surface area contributed by atoms with Crippen molar-refractivity contribution in [1.29, 1.82) is 0 Å². The molecule has 0 rings (SSSR count). The number of aliphatic carboxylic acids is 1. The molecular weight excluding hydrogens is 236 g/mol. The first kappa shape index (κ1) is 16.1. The van der Waals surface area contributed by atoms with Crippen molar-refractivity contribution < 1.29 is 19.5 Å². The van der Waals surface area contributed by atoms with Crippen LogP contribution in [0.2, 0.25) is 0 Å². The summed E-state index contributed by atoms with van der Waals surface area (Å²) in [6.45, 7) is 6.84. The zero-order valence-electron chi connectivity index (χ0n) is 11.0. The van der Waals surface area contributed by atoms with Gasteiger partial charge in [-0.05, 0) is 20.3 Å². The Labute approximate surface area is 107 Å². The molecule has 0 unspecified atom stereocenters. The summed E-state index contributed by atoms with van der Waals surface area (Å²) >= 11 is 0. The molecule has 0 aromatic heterocycles. The van der Waals surface area contributed by atoms with Crippen LogP contribution in [0.1, 0.15) is 26.7 Å². The summed E-state index contributed by atoms with van der Waals surface area (Å²) < 4.78 is 0. The van der Waals surface area contributed by atoms with Crippen LogP contribution >= 0.6 is 0 Å². The van der Waals surface area contributed by atoms with E-state index in [1.54, 1.807) is 13.1 Å². The van der Waals surface area contributed by atoms with Crippen LogP contribution in [0.3, 0.4) is 0 Å². The average molecular weight is 256 g/mol. The normalized spacial score (nSPS) is 10.6. The van der Waals surface area contributed by atoms with E-state index in [2.05, 4.69) is 11.9 Å². The Bertz CT molecular complexity index is 350. The van der Waals surface area contributed by atoms with Crippen molar-refractivity contribution in [3.05, 3.63) is 12.7 Å². The highest BCUT2D eigenvalue weighted by Gasteiger charge is 2.30. The van der Waals surface area contributed by atoms with Gasteiger partial charge in [-0.15, -0.1) is 6.58 Å². The molecule has 3 amide bonds. The van der Waals surface area contributed by atoms with E-state index in [0.29, 0.717) is 13.0 Å². The molecule has 6 heteroatoms. The van der Waals surface area contributed by atoms with Crippen LogP contribution in [0.15, 0.2) is 12.7 Å². The Balaban J connectivity index is 4.28. The molecule has 0 radical (unpaired) electrons. The van der Waals surface area contributed by atoms with Gasteiger partial charge in [-0.25, -0.2) is 4.79 Å². The van der Waals surface area contributed by atoms with E-state index in [-0.39, 0.29) is 6.42 Å². The summed E-state index contributed by atoms with van der Waals surface area (Å²) in [5, 5.41) is 11.0. The molecule has 0 aliphatic rings. The molecule has 0 bridgehead atoms. The summed E-state index contributed by atoms with van der Waals surface area (Å²) in [4.78, 5) is 35.2. The van der Waals surface area contributed by atoms with Crippen molar-refractivity contribution in [3.63, 3.8) is 0 Å². The number of imide groups is 1. The maximum absolute atomic E-state index is 11.5. The second kappa shape index (κ2) is 6.78. The third-order valence-corrected chi connectivity index (χ3v) is 2.44. The van der Waals surface area contributed by atoms with Gasteiger partial charge >= 0.3 is 12.0 Å². The van der Waals surface area contributed by atoms with Gasteiger partial charge in [0.2, 0.25) is 5.91 Å². The molecule has 102 valence electrons. The highest BCUT2D eigenvalue weighted by molar-refractivity contribution is 5.96. The van der Waals surface area contributed by atoms with Crippen molar-refractivity contribution in [2.75, 3.05) is 13.6 Å². The van der Waals surface area contributed by atoms with Crippen molar-refractivity contribution >= 4 is 17.9 Å². The summed E-state index contributed by atoms with van der Waals surface area (Å²) in [6, 6.07) is -0.539. The van der Waals surface area contributed by atoms with E-state index in [1.165, 1.54) is 18.7 Å². The zero-order chi connectivity index (χ0) is 14.3. The smallest absolute Gasteiger partial charge is 0.323 e. The predicted octanol–water partition coefficient (Wildman–Crippen LogP) is 1.23. The fourth-order valence-electron chi connectivity index (χ4n) is 1.12. The molecule has 0 spiro atoms. The van der Waals surface area contributed by atoms with Gasteiger partial charge in [0.15, 0.2) is 0 Å². The fourth-order valence-corrected chi connectivity index (χ4v) is 1.12. The minimum Gasteiger partial charge on any atom is -0.481 e. The maximum Gasteiger partial charge on any atom is 0.323 e. The zero-order valence-corrected chi connectivity index (χ0v) is 11.0. The predicted molar refractivity (Wildman–Crippen MR) is 67.0 cm³/mol. The number of hydrogen-bond donors (Lipinski definition) is 2. The number of carbonyl (C=O) groups excluding carboxylic acids is 2. The van der Waals surface area contributed by atoms with Crippen molar-refractivity contribution in [2.24, 2.45) is 5.41 Å². The van der Waals surface area contributed by atoms with Gasteiger partial charge in [0.05, 0.1) is 5.41 Å². The molecule has 0 atom stereocenters. The van der Waals surface area contributed by atoms with Crippen molar-refractivity contribution in [1.82, 2.24) is 10.2 Å². The number of carbonyl (C=O) groups is 3. The molecule has 0 fully saturated rings. The summed E-state index contributed by atoms with van der Waals surface area (Å²) in [7, 11) is 1.55. The Kier molecular flexibility index (Phi) is 6.08. The number of urea groups is 1. The summed E-state index contributed by atoms with van der Waals surface area (Å²) in [5.74, 6) is -1.68. The Morgan fingerprint density at radius 1 is 1.39 bits per heavy atom. The lowest BCUT2D eigenvalue weighted by Crippen LogP contribution is -2.43. The highest BCUT2D eigenvalue weighted by Crippen LogP contribution is 2.19. The van der Waals surface area contributed by atoms with Crippen LogP contribution in [0.25, 0.3) is 0 Å². The highest BCUT2D eigenvalue weighted by atomic mass is 16.4. The molecule has 18 heavy (non-hydrogen) atoms. The molecular formula is C12H20N2O4. The van der Waals surface area contributed by atoms with Crippen LogP contribution in [0.4, 0.5) is 4.79 Å². The quantitative estimate of drug-likeness (QED) is 0.700. The van der Waals surface area contributed by atoms with Gasteiger partial charge in [0.1, 0.15) is 0 Å². The van der Waals surface area contributed by atoms with E-state index in [0.717, 1.165) is 0 Å². The van der Waals surface area contributed by atoms with Crippen molar-refractivity contribution in [3.8, 4) is 0 Å². The molecule has 0 heterocycles. The monoisotopic (exact) mass is 256 g/mol. The maximum atomic E-state index is 11.5. The van der Waals surface area contributed by atoms with E-state index >= 15 is 0 Å². The number of carboxylic acids is 1. The van der Waals surface area contributed by atoms with Gasteiger partial charge in [0.25, 0.3) is 0 Å². The van der Waals surface area contributed by atoms with Gasteiger partial charge < -0.3 is 10.0 Å². The number of rotatable bonds is 6. The Morgan fingerprint density at radius 3 is 2.39 bits per heavy atom. The number of nitrogens with one attached hydrogen (secondary N) is 1. The molecule has 0 saturated carbocycles. The second-order valence-corrected chi connectivity index (χ2v) is 4.72. The van der Waals surface area contributed by atoms with E-state index < -0.39 is 23.3 Å². The molecule has 0 aromatic rings. The summed E-state index contributed by atoms with van der Waals surface area (Å²) in [6.07, 6.45) is 2.04. The molecule has 6 nitrogen and oxygen atoms in total. The average Bonchev–Trinajstić information content (AvgIpc) is 2.24. The van der Waals surface area contributed by atoms with E-state index in [9.17, 15) is 14.4 Å². The minimum atomic E-state index is -1.19. The standard InChI is InChI=1S/C12H20N2O4/c1-5-6-7-14(4)11(18)13-9(15)8-12(2,3)10(16)17/h5H,1,6-8H2,2-4H3,(H,16,17)(H,13,15,18). The SMILES string of the molecule is C=CCCN(C)C(=O)NC(=O)CC(C)(C)C(=O)O. The number of amides is 3. The lowest BCUT2D eigenvalue weighted by molar-refractivity contribution is -0.149. The third kappa shape index (κ3) is 5.47. The molecule has 0 aliphatic heterocycles. The Morgan fingerprint density at radius 2 is 1.94 bits per heavy atom. The minimum absolute atomic E-state index is 0.247. The lowest BCUT2D eigenvalue weighted by Gasteiger charge is -2.20. The van der Waals surface area contributed by atoms with Gasteiger partial charge in [-0.3, -0.25) is 14.9 Å². The molecule has 0 aliphatic carbocycles. The second-order valence-electron chi connectivity index (χ2n) is 4.72. The van der Waals surface area contributed by atoms with Gasteiger partial charge in [0, 0.05) is 20.0 Å².